The summed E-state index contributed by atoms with van der Waals surface area (Å²) in [5.74, 6) is 0.397. The first kappa shape index (κ1) is 15.6. The van der Waals surface area contributed by atoms with Crippen molar-refractivity contribution < 1.29 is 14.3 Å². The lowest BCUT2D eigenvalue weighted by atomic mass is 9.83. The minimum atomic E-state index is -0.798. The van der Waals surface area contributed by atoms with Crippen molar-refractivity contribution in [1.29, 1.82) is 0 Å². The van der Waals surface area contributed by atoms with Crippen LogP contribution >= 0.6 is 11.6 Å². The van der Waals surface area contributed by atoms with Crippen molar-refractivity contribution >= 4 is 17.6 Å². The second kappa shape index (κ2) is 6.62. The first-order valence-corrected chi connectivity index (χ1v) is 6.48. The van der Waals surface area contributed by atoms with Crippen molar-refractivity contribution in [3.05, 3.63) is 41.4 Å². The van der Waals surface area contributed by atoms with E-state index in [2.05, 4.69) is 6.58 Å². The van der Waals surface area contributed by atoms with Gasteiger partial charge in [0.25, 0.3) is 0 Å². The summed E-state index contributed by atoms with van der Waals surface area (Å²) in [7, 11) is 1.59. The molecule has 0 aliphatic heterocycles. The Morgan fingerprint density at radius 1 is 1.53 bits per heavy atom. The average molecular weight is 283 g/mol. The van der Waals surface area contributed by atoms with Gasteiger partial charge in [-0.15, -0.1) is 6.58 Å². The summed E-state index contributed by atoms with van der Waals surface area (Å²) in [4.78, 5) is 12.0. The molecule has 0 saturated carbocycles. The summed E-state index contributed by atoms with van der Waals surface area (Å²) in [6.07, 6.45) is 2.03. The zero-order valence-corrected chi connectivity index (χ0v) is 12.3. The predicted octanol–water partition coefficient (Wildman–Crippen LogP) is 3.65. The number of carbonyl (C=O) groups is 1. The van der Waals surface area contributed by atoms with Crippen LogP contribution in [0.2, 0.25) is 5.02 Å². The first-order valence-electron chi connectivity index (χ1n) is 6.10. The Bertz CT molecular complexity index is 470. The Morgan fingerprint density at radius 3 is 2.74 bits per heavy atom. The van der Waals surface area contributed by atoms with Crippen LogP contribution in [-0.2, 0) is 16.0 Å². The second-order valence-electron chi connectivity index (χ2n) is 4.48. The van der Waals surface area contributed by atoms with Gasteiger partial charge in [-0.25, -0.2) is 0 Å². The van der Waals surface area contributed by atoms with Crippen molar-refractivity contribution in [3.63, 3.8) is 0 Å². The fraction of sp³-hybridized carbons (Fsp3) is 0.400. The zero-order valence-electron chi connectivity index (χ0n) is 11.5. The van der Waals surface area contributed by atoms with E-state index in [-0.39, 0.29) is 5.97 Å². The van der Waals surface area contributed by atoms with Gasteiger partial charge >= 0.3 is 5.97 Å². The molecule has 0 fully saturated rings. The van der Waals surface area contributed by atoms with E-state index in [1.54, 1.807) is 45.2 Å². The van der Waals surface area contributed by atoms with Gasteiger partial charge in [0.05, 0.1) is 19.1 Å². The number of halogens is 1. The highest BCUT2D eigenvalue weighted by atomic mass is 35.5. The monoisotopic (exact) mass is 282 g/mol. The third kappa shape index (κ3) is 3.74. The molecular weight excluding hydrogens is 264 g/mol. The van der Waals surface area contributed by atoms with Crippen LogP contribution < -0.4 is 4.74 Å². The highest BCUT2D eigenvalue weighted by Crippen LogP contribution is 2.32. The molecule has 0 N–H and O–H groups in total. The van der Waals surface area contributed by atoms with Gasteiger partial charge in [0.15, 0.2) is 0 Å². The Morgan fingerprint density at radius 2 is 2.21 bits per heavy atom. The largest absolute Gasteiger partial charge is 0.496 e. The second-order valence-corrected chi connectivity index (χ2v) is 4.91. The van der Waals surface area contributed by atoms with Crippen LogP contribution in [0.3, 0.4) is 0 Å². The molecule has 0 radical (unpaired) electrons. The molecular formula is C15H19ClO3. The van der Waals surface area contributed by atoms with Crippen LogP contribution in [-0.4, -0.2) is 19.7 Å². The van der Waals surface area contributed by atoms with Crippen molar-refractivity contribution in [2.24, 2.45) is 5.41 Å². The smallest absolute Gasteiger partial charge is 0.315 e. The molecule has 0 saturated heterocycles. The first-order chi connectivity index (χ1) is 8.96. The summed E-state index contributed by atoms with van der Waals surface area (Å²) in [6.45, 7) is 7.65. The number of ether oxygens (including phenoxy) is 2. The van der Waals surface area contributed by atoms with E-state index in [0.29, 0.717) is 23.8 Å². The van der Waals surface area contributed by atoms with Gasteiger partial charge in [-0.1, -0.05) is 17.7 Å². The van der Waals surface area contributed by atoms with E-state index < -0.39 is 5.41 Å². The number of rotatable bonds is 6. The molecule has 0 aliphatic rings. The van der Waals surface area contributed by atoms with Crippen LogP contribution in [0.15, 0.2) is 30.9 Å². The van der Waals surface area contributed by atoms with Crippen LogP contribution in [0.5, 0.6) is 5.75 Å². The molecule has 0 aliphatic carbocycles. The maximum absolute atomic E-state index is 12.0. The van der Waals surface area contributed by atoms with Gasteiger partial charge in [-0.05, 0) is 44.0 Å². The van der Waals surface area contributed by atoms with E-state index in [1.807, 2.05) is 0 Å². The van der Waals surface area contributed by atoms with Gasteiger partial charge in [0, 0.05) is 5.02 Å². The standard InChI is InChI=1S/C15H19ClO3/c1-5-15(3,14(17)19-6-2)10-11-9-12(16)7-8-13(11)18-4/h5,7-9H,1,6,10H2,2-4H3. The number of methoxy groups -OCH3 is 1. The Hall–Kier alpha value is -1.48. The molecule has 4 heteroatoms. The van der Waals surface area contributed by atoms with Crippen molar-refractivity contribution in [1.82, 2.24) is 0 Å². The number of hydrogen-bond acceptors (Lipinski definition) is 3. The molecule has 0 heterocycles. The molecule has 1 aromatic rings. The Kier molecular flexibility index (Phi) is 5.43. The number of benzene rings is 1. The predicted molar refractivity (Wildman–Crippen MR) is 76.6 cm³/mol. The van der Waals surface area contributed by atoms with Gasteiger partial charge in [-0.3, -0.25) is 4.79 Å². The highest BCUT2D eigenvalue weighted by molar-refractivity contribution is 6.30. The maximum atomic E-state index is 12.0. The van der Waals surface area contributed by atoms with Crippen molar-refractivity contribution in [2.45, 2.75) is 20.3 Å². The SMILES string of the molecule is C=CC(C)(Cc1cc(Cl)ccc1OC)C(=O)OCC. The van der Waals surface area contributed by atoms with E-state index in [9.17, 15) is 4.79 Å². The minimum absolute atomic E-state index is 0.299. The van der Waals surface area contributed by atoms with Crippen molar-refractivity contribution in [2.75, 3.05) is 13.7 Å². The summed E-state index contributed by atoms with van der Waals surface area (Å²) in [5, 5.41) is 0.603. The summed E-state index contributed by atoms with van der Waals surface area (Å²) in [5.41, 5.74) is 0.0546. The molecule has 0 aromatic heterocycles. The highest BCUT2D eigenvalue weighted by Gasteiger charge is 2.32. The normalized spacial score (nSPS) is 13.5. The van der Waals surface area contributed by atoms with E-state index >= 15 is 0 Å². The molecule has 0 bridgehead atoms. The lowest BCUT2D eigenvalue weighted by molar-refractivity contribution is -0.151. The van der Waals surface area contributed by atoms with E-state index in [1.165, 1.54) is 0 Å². The third-order valence-electron chi connectivity index (χ3n) is 2.99. The number of hydrogen-bond donors (Lipinski definition) is 0. The molecule has 1 unspecified atom stereocenters. The van der Waals surface area contributed by atoms with E-state index in [0.717, 1.165) is 5.56 Å². The molecule has 104 valence electrons. The number of esters is 1. The fourth-order valence-corrected chi connectivity index (χ4v) is 2.00. The van der Waals surface area contributed by atoms with Crippen LogP contribution in [0.1, 0.15) is 19.4 Å². The molecule has 0 spiro atoms. The van der Waals surface area contributed by atoms with Gasteiger partial charge in [0.2, 0.25) is 0 Å². The number of carbonyl (C=O) groups excluding carboxylic acids is 1. The van der Waals surface area contributed by atoms with Crippen LogP contribution in [0, 0.1) is 5.41 Å². The molecule has 1 aromatic carbocycles. The average Bonchev–Trinajstić information content (AvgIpc) is 2.39. The van der Waals surface area contributed by atoms with Crippen molar-refractivity contribution in [3.8, 4) is 5.75 Å². The minimum Gasteiger partial charge on any atom is -0.496 e. The Balaban J connectivity index is 3.07. The summed E-state index contributed by atoms with van der Waals surface area (Å²) < 4.78 is 10.4. The molecule has 3 nitrogen and oxygen atoms in total. The Labute approximate surface area is 119 Å². The molecule has 19 heavy (non-hydrogen) atoms. The fourth-order valence-electron chi connectivity index (χ4n) is 1.80. The van der Waals surface area contributed by atoms with E-state index in [4.69, 9.17) is 21.1 Å². The van der Waals surface area contributed by atoms with Crippen LogP contribution in [0.4, 0.5) is 0 Å². The third-order valence-corrected chi connectivity index (χ3v) is 3.23. The topological polar surface area (TPSA) is 35.5 Å². The van der Waals surface area contributed by atoms with Gasteiger partial charge in [0.1, 0.15) is 5.75 Å². The lowest BCUT2D eigenvalue weighted by Gasteiger charge is -2.24. The summed E-state index contributed by atoms with van der Waals surface area (Å²) >= 11 is 5.99. The molecule has 1 atom stereocenters. The molecule has 0 amide bonds. The lowest BCUT2D eigenvalue weighted by Crippen LogP contribution is -2.30. The quantitative estimate of drug-likeness (QED) is 0.590. The van der Waals surface area contributed by atoms with Gasteiger partial charge in [-0.2, -0.15) is 0 Å². The molecule has 1 rings (SSSR count). The van der Waals surface area contributed by atoms with Gasteiger partial charge < -0.3 is 9.47 Å². The summed E-state index contributed by atoms with van der Waals surface area (Å²) in [6, 6.07) is 5.33. The van der Waals surface area contributed by atoms with Crippen LogP contribution in [0.25, 0.3) is 0 Å². The zero-order chi connectivity index (χ0) is 14.5. The maximum Gasteiger partial charge on any atom is 0.315 e.